The van der Waals surface area contributed by atoms with Gasteiger partial charge in [0.25, 0.3) is 5.91 Å². The van der Waals surface area contributed by atoms with E-state index in [1.165, 1.54) is 19.3 Å². The first-order valence-corrected chi connectivity index (χ1v) is 11.3. The van der Waals surface area contributed by atoms with E-state index in [2.05, 4.69) is 16.0 Å². The van der Waals surface area contributed by atoms with Gasteiger partial charge in [-0.25, -0.2) is 4.79 Å². The first-order chi connectivity index (χ1) is 14.3. The summed E-state index contributed by atoms with van der Waals surface area (Å²) in [4.78, 5) is 47.9. The predicted molar refractivity (Wildman–Crippen MR) is 110 cm³/mol. The molecule has 0 aromatic heterocycles. The van der Waals surface area contributed by atoms with E-state index in [1.54, 1.807) is 0 Å². The maximum Gasteiger partial charge on any atom is 0.321 e. The van der Waals surface area contributed by atoms with Crippen LogP contribution in [0.3, 0.4) is 0 Å². The molecule has 8 heteroatoms. The third kappa shape index (κ3) is 5.95. The Bertz CT molecular complexity index is 640. The standard InChI is InChI=1S/C22H35N3O5/c1-14(2)3-5-24-21(29)25-18(26)13-30-19(27)4-6-23-20(28)22-10-15-7-16(11-22)9-17(8-15)12-22/h14-17H,3-13H2,1-2H3,(H,23,28)(H2,24,25,26,29). The molecule has 0 unspecified atom stereocenters. The normalized spacial score (nSPS) is 28.8. The average Bonchev–Trinajstić information content (AvgIpc) is 2.65. The van der Waals surface area contributed by atoms with E-state index < -0.39 is 24.5 Å². The molecule has 0 radical (unpaired) electrons. The lowest BCUT2D eigenvalue weighted by Crippen LogP contribution is -2.53. The summed E-state index contributed by atoms with van der Waals surface area (Å²) in [6.07, 6.45) is 7.58. The lowest BCUT2D eigenvalue weighted by Gasteiger charge is -2.55. The Hall–Kier alpha value is -2.12. The van der Waals surface area contributed by atoms with Gasteiger partial charge in [-0.05, 0) is 68.6 Å². The lowest BCUT2D eigenvalue weighted by atomic mass is 9.49. The van der Waals surface area contributed by atoms with Gasteiger partial charge in [0.15, 0.2) is 6.61 Å². The summed E-state index contributed by atoms with van der Waals surface area (Å²) in [5.74, 6) is 1.34. The van der Waals surface area contributed by atoms with Crippen molar-refractivity contribution in [3.05, 3.63) is 0 Å². The largest absolute Gasteiger partial charge is 0.456 e. The third-order valence-electron chi connectivity index (χ3n) is 6.76. The fourth-order valence-electron chi connectivity index (χ4n) is 5.75. The zero-order valence-corrected chi connectivity index (χ0v) is 18.1. The Morgan fingerprint density at radius 1 is 0.933 bits per heavy atom. The molecule has 4 aliphatic carbocycles. The van der Waals surface area contributed by atoms with Crippen LogP contribution >= 0.6 is 0 Å². The molecule has 0 saturated heterocycles. The molecule has 0 aliphatic heterocycles. The first-order valence-electron chi connectivity index (χ1n) is 11.3. The number of imide groups is 1. The fourth-order valence-corrected chi connectivity index (χ4v) is 5.75. The molecule has 8 nitrogen and oxygen atoms in total. The lowest BCUT2D eigenvalue weighted by molar-refractivity contribution is -0.149. The van der Waals surface area contributed by atoms with E-state index in [1.807, 2.05) is 13.8 Å². The highest BCUT2D eigenvalue weighted by Crippen LogP contribution is 2.60. The van der Waals surface area contributed by atoms with Crippen molar-refractivity contribution >= 4 is 23.8 Å². The molecule has 168 valence electrons. The number of nitrogens with one attached hydrogen (secondary N) is 3. The van der Waals surface area contributed by atoms with E-state index in [0.29, 0.717) is 30.2 Å². The van der Waals surface area contributed by atoms with Crippen LogP contribution in [0.5, 0.6) is 0 Å². The van der Waals surface area contributed by atoms with Crippen LogP contribution < -0.4 is 16.0 Å². The topological polar surface area (TPSA) is 114 Å². The Labute approximate surface area is 178 Å². The number of amides is 4. The van der Waals surface area contributed by atoms with Crippen LogP contribution in [0, 0.1) is 29.1 Å². The second kappa shape index (κ2) is 9.79. The maximum absolute atomic E-state index is 12.8. The van der Waals surface area contributed by atoms with Gasteiger partial charge in [-0.2, -0.15) is 0 Å². The van der Waals surface area contributed by atoms with Crippen molar-refractivity contribution in [2.75, 3.05) is 19.7 Å². The molecular weight excluding hydrogens is 386 g/mol. The molecular formula is C22H35N3O5. The minimum Gasteiger partial charge on any atom is -0.456 e. The number of hydrogen-bond acceptors (Lipinski definition) is 5. The van der Waals surface area contributed by atoms with E-state index in [9.17, 15) is 19.2 Å². The van der Waals surface area contributed by atoms with Gasteiger partial charge in [0.2, 0.25) is 5.91 Å². The maximum atomic E-state index is 12.8. The Kier molecular flexibility index (Phi) is 7.36. The fraction of sp³-hybridized carbons (Fsp3) is 0.818. The monoisotopic (exact) mass is 421 g/mol. The molecule has 4 saturated carbocycles. The minimum atomic E-state index is -0.678. The van der Waals surface area contributed by atoms with E-state index in [0.717, 1.165) is 25.7 Å². The Morgan fingerprint density at radius 2 is 1.53 bits per heavy atom. The molecule has 4 bridgehead atoms. The Balaban J connectivity index is 1.29. The molecule has 4 aliphatic rings. The molecule has 30 heavy (non-hydrogen) atoms. The van der Waals surface area contributed by atoms with Crippen molar-refractivity contribution in [2.24, 2.45) is 29.1 Å². The summed E-state index contributed by atoms with van der Waals surface area (Å²) in [6.45, 7) is 4.24. The van der Waals surface area contributed by atoms with Crippen LogP contribution in [0.4, 0.5) is 4.79 Å². The number of rotatable bonds is 9. The van der Waals surface area contributed by atoms with Crippen LogP contribution in [-0.4, -0.2) is 43.5 Å². The van der Waals surface area contributed by atoms with E-state index in [4.69, 9.17) is 4.74 Å². The smallest absolute Gasteiger partial charge is 0.321 e. The van der Waals surface area contributed by atoms with Gasteiger partial charge in [-0.3, -0.25) is 19.7 Å². The summed E-state index contributed by atoms with van der Waals surface area (Å²) in [7, 11) is 0. The summed E-state index contributed by atoms with van der Waals surface area (Å²) < 4.78 is 4.90. The van der Waals surface area contributed by atoms with Crippen molar-refractivity contribution < 1.29 is 23.9 Å². The van der Waals surface area contributed by atoms with Crippen LogP contribution in [0.15, 0.2) is 0 Å². The van der Waals surface area contributed by atoms with E-state index >= 15 is 0 Å². The van der Waals surface area contributed by atoms with Gasteiger partial charge in [-0.15, -0.1) is 0 Å². The molecule has 3 N–H and O–H groups in total. The summed E-state index contributed by atoms with van der Waals surface area (Å²) in [6, 6.07) is -0.598. The van der Waals surface area contributed by atoms with Gasteiger partial charge < -0.3 is 15.4 Å². The summed E-state index contributed by atoms with van der Waals surface area (Å²) in [5, 5.41) is 7.61. The molecule has 0 atom stereocenters. The van der Waals surface area contributed by atoms with Gasteiger partial charge in [0, 0.05) is 18.5 Å². The highest BCUT2D eigenvalue weighted by Gasteiger charge is 2.54. The predicted octanol–water partition coefficient (Wildman–Crippen LogP) is 2.12. The summed E-state index contributed by atoms with van der Waals surface area (Å²) >= 11 is 0. The van der Waals surface area contributed by atoms with Crippen LogP contribution in [-0.2, 0) is 19.1 Å². The summed E-state index contributed by atoms with van der Waals surface area (Å²) in [5.41, 5.74) is -0.235. The average molecular weight is 422 g/mol. The van der Waals surface area contributed by atoms with Crippen molar-refractivity contribution in [3.8, 4) is 0 Å². The number of esters is 1. The van der Waals surface area contributed by atoms with Gasteiger partial charge in [0.1, 0.15) is 0 Å². The highest BCUT2D eigenvalue weighted by molar-refractivity contribution is 5.95. The molecule has 0 spiro atoms. The van der Waals surface area contributed by atoms with Crippen molar-refractivity contribution in [2.45, 2.75) is 65.2 Å². The molecule has 0 aromatic rings. The van der Waals surface area contributed by atoms with Crippen molar-refractivity contribution in [1.29, 1.82) is 0 Å². The van der Waals surface area contributed by atoms with Crippen LogP contribution in [0.1, 0.15) is 65.2 Å². The SMILES string of the molecule is CC(C)CCNC(=O)NC(=O)COC(=O)CCNC(=O)C12CC3CC(CC(C3)C1)C2. The van der Waals surface area contributed by atoms with Gasteiger partial charge in [0.05, 0.1) is 6.42 Å². The number of ether oxygens (including phenoxy) is 1. The second-order valence-corrected chi connectivity index (χ2v) is 9.85. The quantitative estimate of drug-likeness (QED) is 0.494. The van der Waals surface area contributed by atoms with Gasteiger partial charge in [-0.1, -0.05) is 13.8 Å². The molecule has 0 aromatic carbocycles. The third-order valence-corrected chi connectivity index (χ3v) is 6.76. The van der Waals surface area contributed by atoms with Crippen LogP contribution in [0.25, 0.3) is 0 Å². The molecule has 0 heterocycles. The molecule has 4 rings (SSSR count). The molecule has 4 amide bonds. The highest BCUT2D eigenvalue weighted by atomic mass is 16.5. The zero-order chi connectivity index (χ0) is 21.7. The van der Waals surface area contributed by atoms with Crippen LogP contribution in [0.2, 0.25) is 0 Å². The van der Waals surface area contributed by atoms with Gasteiger partial charge >= 0.3 is 12.0 Å². The van der Waals surface area contributed by atoms with Crippen molar-refractivity contribution in [3.63, 3.8) is 0 Å². The number of urea groups is 1. The second-order valence-electron chi connectivity index (χ2n) is 9.85. The first kappa shape index (κ1) is 22.6. The Morgan fingerprint density at radius 3 is 2.10 bits per heavy atom. The van der Waals surface area contributed by atoms with E-state index in [-0.39, 0.29) is 24.3 Å². The minimum absolute atomic E-state index is 0.00592. The zero-order valence-electron chi connectivity index (χ0n) is 18.1. The number of carbonyl (C=O) groups excluding carboxylic acids is 4. The van der Waals surface area contributed by atoms with Crippen molar-refractivity contribution in [1.82, 2.24) is 16.0 Å². The number of hydrogen-bond donors (Lipinski definition) is 3. The molecule has 4 fully saturated rings. The number of carbonyl (C=O) groups is 4.